The van der Waals surface area contributed by atoms with Crippen LogP contribution < -0.4 is 14.4 Å². The number of sulfonamides is 1. The summed E-state index contributed by atoms with van der Waals surface area (Å²) in [6.07, 6.45) is 0.838. The Morgan fingerprint density at radius 3 is 2.23 bits per heavy atom. The smallest absolute Gasteiger partial charge is 0.264 e. The molecule has 0 atom stereocenters. The number of ether oxygens (including phenoxy) is 1. The number of aryl methyl sites for hydroxylation is 1. The van der Waals surface area contributed by atoms with Gasteiger partial charge < -0.3 is 10.1 Å². The van der Waals surface area contributed by atoms with Crippen molar-refractivity contribution < 1.29 is 17.9 Å². The number of amides is 1. The summed E-state index contributed by atoms with van der Waals surface area (Å²) >= 11 is 0. The van der Waals surface area contributed by atoms with Gasteiger partial charge in [0, 0.05) is 12.1 Å². The molecule has 1 amide bonds. The number of hydrogen-bond acceptors (Lipinski definition) is 4. The van der Waals surface area contributed by atoms with Gasteiger partial charge in [-0.3, -0.25) is 9.10 Å². The van der Waals surface area contributed by atoms with Crippen LogP contribution in [0.15, 0.2) is 83.8 Å². The highest BCUT2D eigenvalue weighted by atomic mass is 32.2. The fourth-order valence-corrected chi connectivity index (χ4v) is 4.60. The molecule has 6 nitrogen and oxygen atoms in total. The molecular weight excluding hydrogens is 412 g/mol. The predicted octanol–water partition coefficient (Wildman–Crippen LogP) is 3.77. The highest BCUT2D eigenvalue weighted by Gasteiger charge is 2.27. The summed E-state index contributed by atoms with van der Waals surface area (Å²) in [7, 11) is -2.35. The van der Waals surface area contributed by atoms with Gasteiger partial charge in [0.2, 0.25) is 5.91 Å². The van der Waals surface area contributed by atoms with E-state index in [0.717, 1.165) is 21.9 Å². The second-order valence-electron chi connectivity index (χ2n) is 6.93. The van der Waals surface area contributed by atoms with Gasteiger partial charge in [-0.1, -0.05) is 55.5 Å². The van der Waals surface area contributed by atoms with E-state index in [0.29, 0.717) is 11.4 Å². The van der Waals surface area contributed by atoms with E-state index in [9.17, 15) is 13.2 Å². The molecule has 0 unspecified atom stereocenters. The Bertz CT molecular complexity index is 1110. The lowest BCUT2D eigenvalue weighted by atomic mass is 10.1. The van der Waals surface area contributed by atoms with Crippen molar-refractivity contribution in [1.29, 1.82) is 0 Å². The summed E-state index contributed by atoms with van der Waals surface area (Å²) < 4.78 is 33.1. The molecule has 0 spiro atoms. The maximum atomic E-state index is 13.3. The molecular formula is C24H26N2O4S. The number of benzene rings is 3. The van der Waals surface area contributed by atoms with Crippen molar-refractivity contribution in [2.75, 3.05) is 18.0 Å². The van der Waals surface area contributed by atoms with Gasteiger partial charge in [-0.25, -0.2) is 8.42 Å². The molecule has 0 aromatic heterocycles. The molecule has 3 aromatic carbocycles. The van der Waals surface area contributed by atoms with E-state index in [1.54, 1.807) is 37.4 Å². The molecule has 7 heteroatoms. The van der Waals surface area contributed by atoms with Gasteiger partial charge >= 0.3 is 0 Å². The quantitative estimate of drug-likeness (QED) is 0.552. The van der Waals surface area contributed by atoms with E-state index in [4.69, 9.17) is 4.74 Å². The molecule has 0 saturated carbocycles. The zero-order valence-corrected chi connectivity index (χ0v) is 18.4. The molecule has 3 aromatic rings. The number of para-hydroxylation sites is 1. The lowest BCUT2D eigenvalue weighted by Crippen LogP contribution is -2.40. The molecule has 1 N–H and O–H groups in total. The molecule has 0 heterocycles. The second kappa shape index (κ2) is 10.1. The Labute approximate surface area is 183 Å². The lowest BCUT2D eigenvalue weighted by Gasteiger charge is -2.24. The van der Waals surface area contributed by atoms with Crippen molar-refractivity contribution in [2.45, 2.75) is 24.8 Å². The third-order valence-electron chi connectivity index (χ3n) is 4.92. The normalized spacial score (nSPS) is 11.0. The minimum Gasteiger partial charge on any atom is -0.496 e. The Morgan fingerprint density at radius 2 is 1.58 bits per heavy atom. The highest BCUT2D eigenvalue weighted by Crippen LogP contribution is 2.24. The van der Waals surface area contributed by atoms with Crippen molar-refractivity contribution in [3.05, 3.63) is 90.0 Å². The number of carbonyl (C=O) groups is 1. The minimum atomic E-state index is -3.92. The van der Waals surface area contributed by atoms with Crippen LogP contribution in [0.3, 0.4) is 0 Å². The summed E-state index contributed by atoms with van der Waals surface area (Å²) in [4.78, 5) is 12.9. The van der Waals surface area contributed by atoms with Gasteiger partial charge in [0.15, 0.2) is 0 Å². The van der Waals surface area contributed by atoms with Crippen LogP contribution in [0.1, 0.15) is 18.1 Å². The van der Waals surface area contributed by atoms with E-state index >= 15 is 0 Å². The number of methoxy groups -OCH3 is 1. The first-order chi connectivity index (χ1) is 15.0. The molecule has 0 radical (unpaired) electrons. The SMILES string of the molecule is CCc1ccc(N(CC(=O)NCc2ccccc2OC)S(=O)(=O)c2ccccc2)cc1. The van der Waals surface area contributed by atoms with Crippen LogP contribution in [0.2, 0.25) is 0 Å². The van der Waals surface area contributed by atoms with E-state index in [2.05, 4.69) is 5.32 Å². The van der Waals surface area contributed by atoms with Crippen LogP contribution in [0.5, 0.6) is 5.75 Å². The monoisotopic (exact) mass is 438 g/mol. The number of nitrogens with zero attached hydrogens (tertiary/aromatic N) is 1. The molecule has 31 heavy (non-hydrogen) atoms. The summed E-state index contributed by atoms with van der Waals surface area (Å²) in [5.74, 6) is 0.247. The summed E-state index contributed by atoms with van der Waals surface area (Å²) in [5.41, 5.74) is 2.33. The van der Waals surface area contributed by atoms with Crippen molar-refractivity contribution in [3.8, 4) is 5.75 Å². The van der Waals surface area contributed by atoms with Gasteiger partial charge in [0.25, 0.3) is 10.0 Å². The summed E-state index contributed by atoms with van der Waals surface area (Å²) in [5, 5.41) is 2.79. The topological polar surface area (TPSA) is 75.7 Å². The zero-order valence-electron chi connectivity index (χ0n) is 17.6. The summed E-state index contributed by atoms with van der Waals surface area (Å²) in [6.45, 7) is 1.92. The number of hydrogen-bond donors (Lipinski definition) is 1. The minimum absolute atomic E-state index is 0.132. The van der Waals surface area contributed by atoms with Gasteiger partial charge in [-0.2, -0.15) is 0 Å². The standard InChI is InChI=1S/C24H26N2O4S/c1-3-19-13-15-21(16-14-19)26(31(28,29)22-10-5-4-6-11-22)18-24(27)25-17-20-9-7-8-12-23(20)30-2/h4-16H,3,17-18H2,1-2H3,(H,25,27). The van der Waals surface area contributed by atoms with Gasteiger partial charge in [0.05, 0.1) is 17.7 Å². The van der Waals surface area contributed by atoms with Crippen LogP contribution in [0.25, 0.3) is 0 Å². The first-order valence-electron chi connectivity index (χ1n) is 10.0. The maximum Gasteiger partial charge on any atom is 0.264 e. The number of anilines is 1. The third kappa shape index (κ3) is 5.44. The number of nitrogens with one attached hydrogen (secondary N) is 1. The molecule has 0 fully saturated rings. The highest BCUT2D eigenvalue weighted by molar-refractivity contribution is 7.92. The van der Waals surface area contributed by atoms with E-state index in [1.165, 1.54) is 12.1 Å². The fraction of sp³-hybridized carbons (Fsp3) is 0.208. The summed E-state index contributed by atoms with van der Waals surface area (Å²) in [6, 6.07) is 22.7. The van der Waals surface area contributed by atoms with Crippen molar-refractivity contribution in [2.24, 2.45) is 0 Å². The van der Waals surface area contributed by atoms with Crippen LogP contribution in [0.4, 0.5) is 5.69 Å². The first kappa shape index (κ1) is 22.4. The molecule has 0 saturated heterocycles. The van der Waals surface area contributed by atoms with E-state index in [-0.39, 0.29) is 18.0 Å². The van der Waals surface area contributed by atoms with Gasteiger partial charge in [0.1, 0.15) is 12.3 Å². The largest absolute Gasteiger partial charge is 0.496 e. The van der Waals surface area contributed by atoms with Crippen molar-refractivity contribution in [1.82, 2.24) is 5.32 Å². The van der Waals surface area contributed by atoms with Gasteiger partial charge in [-0.15, -0.1) is 0 Å². The Kier molecular flexibility index (Phi) is 7.31. The zero-order chi connectivity index (χ0) is 22.3. The molecule has 0 aliphatic carbocycles. The Morgan fingerprint density at radius 1 is 0.935 bits per heavy atom. The van der Waals surface area contributed by atoms with Crippen molar-refractivity contribution in [3.63, 3.8) is 0 Å². The maximum absolute atomic E-state index is 13.3. The van der Waals surface area contributed by atoms with Crippen LogP contribution in [-0.2, 0) is 27.8 Å². The molecule has 0 aliphatic heterocycles. The van der Waals surface area contributed by atoms with E-state index in [1.807, 2.05) is 43.3 Å². The Hall–Kier alpha value is -3.32. The molecule has 0 aliphatic rings. The van der Waals surface area contributed by atoms with E-state index < -0.39 is 15.9 Å². The van der Waals surface area contributed by atoms with Crippen LogP contribution in [-0.4, -0.2) is 28.0 Å². The molecule has 3 rings (SSSR count). The second-order valence-corrected chi connectivity index (χ2v) is 8.80. The first-order valence-corrected chi connectivity index (χ1v) is 11.4. The van der Waals surface area contributed by atoms with Gasteiger partial charge in [-0.05, 0) is 42.3 Å². The molecule has 0 bridgehead atoms. The Balaban J connectivity index is 1.85. The van der Waals surface area contributed by atoms with Crippen molar-refractivity contribution >= 4 is 21.6 Å². The number of rotatable bonds is 9. The van der Waals surface area contributed by atoms with Crippen LogP contribution >= 0.6 is 0 Å². The third-order valence-corrected chi connectivity index (χ3v) is 6.71. The average Bonchev–Trinajstić information content (AvgIpc) is 2.82. The lowest BCUT2D eigenvalue weighted by molar-refractivity contribution is -0.119. The molecule has 162 valence electrons. The predicted molar refractivity (Wildman–Crippen MR) is 122 cm³/mol. The average molecular weight is 439 g/mol. The van der Waals surface area contributed by atoms with Crippen LogP contribution in [0, 0.1) is 0 Å². The number of carbonyl (C=O) groups excluding carboxylic acids is 1. The fourth-order valence-electron chi connectivity index (χ4n) is 3.16.